The summed E-state index contributed by atoms with van der Waals surface area (Å²) in [6.45, 7) is 0. The summed E-state index contributed by atoms with van der Waals surface area (Å²) in [6, 6.07) is 22.1. The van der Waals surface area contributed by atoms with Gasteiger partial charge in [-0.2, -0.15) is 0 Å². The van der Waals surface area contributed by atoms with Crippen LogP contribution in [0.5, 0.6) is 5.75 Å². The van der Waals surface area contributed by atoms with Crippen LogP contribution in [0.25, 0.3) is 6.08 Å². The average Bonchev–Trinajstić information content (AvgIpc) is 2.86. The molecule has 0 aromatic heterocycles. The largest absolute Gasteiger partial charge is 0.425 e. The highest BCUT2D eigenvalue weighted by molar-refractivity contribution is 7.92. The lowest BCUT2D eigenvalue weighted by molar-refractivity contribution is -0.139. The second kappa shape index (κ2) is 12.3. The van der Waals surface area contributed by atoms with Gasteiger partial charge in [0.25, 0.3) is 10.0 Å². The van der Waals surface area contributed by atoms with Crippen molar-refractivity contribution in [1.82, 2.24) is 9.84 Å². The SMILES string of the molecule is NC(N)=Nc1cccc(OC(=O)[C@H](Cc2ccccc2)N(NC=O)S(=O)(=O)C=Cc2ccccc2)c1. The van der Waals surface area contributed by atoms with Crippen molar-refractivity contribution in [2.24, 2.45) is 16.5 Å². The number of nitrogens with zero attached hydrogens (tertiary/aromatic N) is 2. The van der Waals surface area contributed by atoms with Crippen LogP contribution in [0.4, 0.5) is 5.69 Å². The Morgan fingerprint density at radius 3 is 2.31 bits per heavy atom. The second-order valence-corrected chi connectivity index (χ2v) is 9.16. The maximum absolute atomic E-state index is 13.3. The summed E-state index contributed by atoms with van der Waals surface area (Å²) in [5, 5.41) is 0.906. The minimum Gasteiger partial charge on any atom is -0.425 e. The highest BCUT2D eigenvalue weighted by Crippen LogP contribution is 2.22. The Bertz CT molecular complexity index is 1340. The predicted molar refractivity (Wildman–Crippen MR) is 137 cm³/mol. The van der Waals surface area contributed by atoms with Crippen LogP contribution in [-0.2, 0) is 26.0 Å². The minimum absolute atomic E-state index is 0.0769. The van der Waals surface area contributed by atoms with Gasteiger partial charge in [-0.05, 0) is 29.3 Å². The molecule has 186 valence electrons. The summed E-state index contributed by atoms with van der Waals surface area (Å²) in [4.78, 5) is 28.6. The Morgan fingerprint density at radius 1 is 1.00 bits per heavy atom. The van der Waals surface area contributed by atoms with Gasteiger partial charge in [-0.3, -0.25) is 10.2 Å². The average molecular weight is 508 g/mol. The number of benzene rings is 3. The maximum atomic E-state index is 13.3. The van der Waals surface area contributed by atoms with Crippen LogP contribution in [0, 0.1) is 0 Å². The Kier molecular flexibility index (Phi) is 8.92. The molecule has 3 aromatic carbocycles. The fourth-order valence-corrected chi connectivity index (χ4v) is 4.40. The second-order valence-electron chi connectivity index (χ2n) is 7.46. The van der Waals surface area contributed by atoms with E-state index >= 15 is 0 Å². The number of ether oxygens (including phenoxy) is 1. The van der Waals surface area contributed by atoms with E-state index in [2.05, 4.69) is 10.4 Å². The first-order chi connectivity index (χ1) is 17.3. The van der Waals surface area contributed by atoms with Crippen molar-refractivity contribution in [3.8, 4) is 5.75 Å². The molecule has 0 radical (unpaired) electrons. The van der Waals surface area contributed by atoms with Crippen molar-refractivity contribution in [3.63, 3.8) is 0 Å². The first kappa shape index (κ1) is 26.1. The number of hydrogen-bond acceptors (Lipinski definition) is 6. The lowest BCUT2D eigenvalue weighted by atomic mass is 10.1. The number of hydrogen-bond donors (Lipinski definition) is 3. The number of aliphatic imine (C=N–C) groups is 1. The summed E-state index contributed by atoms with van der Waals surface area (Å²) in [7, 11) is -4.31. The number of esters is 1. The van der Waals surface area contributed by atoms with Crippen molar-refractivity contribution >= 4 is 40.1 Å². The van der Waals surface area contributed by atoms with Crippen LogP contribution >= 0.6 is 0 Å². The number of hydrazine groups is 1. The zero-order chi connectivity index (χ0) is 26.0. The Labute approximate surface area is 208 Å². The van der Waals surface area contributed by atoms with E-state index < -0.39 is 22.0 Å². The number of guanidine groups is 1. The number of carbonyl (C=O) groups is 2. The monoisotopic (exact) mass is 507 g/mol. The minimum atomic E-state index is -4.31. The molecule has 11 heteroatoms. The molecule has 0 saturated carbocycles. The third-order valence-corrected chi connectivity index (χ3v) is 6.20. The van der Waals surface area contributed by atoms with Crippen LogP contribution in [0.2, 0.25) is 0 Å². The summed E-state index contributed by atoms with van der Waals surface area (Å²) >= 11 is 0. The Hall–Kier alpha value is -4.48. The van der Waals surface area contributed by atoms with Crippen molar-refractivity contribution in [2.75, 3.05) is 0 Å². The highest BCUT2D eigenvalue weighted by Gasteiger charge is 2.35. The van der Waals surface area contributed by atoms with Crippen molar-refractivity contribution in [3.05, 3.63) is 101 Å². The van der Waals surface area contributed by atoms with E-state index in [4.69, 9.17) is 16.2 Å². The summed E-state index contributed by atoms with van der Waals surface area (Å²) in [5.41, 5.74) is 14.5. The third kappa shape index (κ3) is 7.52. The van der Waals surface area contributed by atoms with Crippen molar-refractivity contribution in [2.45, 2.75) is 12.5 Å². The van der Waals surface area contributed by atoms with E-state index in [1.807, 2.05) is 0 Å². The van der Waals surface area contributed by atoms with Gasteiger partial charge in [0, 0.05) is 17.9 Å². The zero-order valence-corrected chi connectivity index (χ0v) is 19.9. The van der Waals surface area contributed by atoms with E-state index in [9.17, 15) is 18.0 Å². The number of rotatable bonds is 11. The van der Waals surface area contributed by atoms with Gasteiger partial charge in [0.15, 0.2) is 5.96 Å². The molecule has 3 aromatic rings. The zero-order valence-electron chi connectivity index (χ0n) is 19.1. The van der Waals surface area contributed by atoms with Crippen LogP contribution in [0.15, 0.2) is 95.3 Å². The number of carbonyl (C=O) groups excluding carboxylic acids is 2. The van der Waals surface area contributed by atoms with Crippen LogP contribution in [-0.4, -0.2) is 37.2 Å². The first-order valence-electron chi connectivity index (χ1n) is 10.7. The molecule has 0 unspecified atom stereocenters. The molecule has 0 bridgehead atoms. The van der Waals surface area contributed by atoms with E-state index in [1.54, 1.807) is 72.8 Å². The Balaban J connectivity index is 1.96. The molecular formula is C25H25N5O5S. The molecule has 0 spiro atoms. The lowest BCUT2D eigenvalue weighted by Gasteiger charge is -2.27. The number of sulfonamides is 1. The van der Waals surface area contributed by atoms with E-state index in [-0.39, 0.29) is 24.5 Å². The molecule has 0 aliphatic carbocycles. The van der Waals surface area contributed by atoms with E-state index in [1.165, 1.54) is 18.2 Å². The van der Waals surface area contributed by atoms with Gasteiger partial charge >= 0.3 is 5.97 Å². The van der Waals surface area contributed by atoms with Gasteiger partial charge in [0.2, 0.25) is 6.41 Å². The topological polar surface area (TPSA) is 157 Å². The predicted octanol–water partition coefficient (Wildman–Crippen LogP) is 2.07. The van der Waals surface area contributed by atoms with Crippen LogP contribution < -0.4 is 21.6 Å². The fourth-order valence-electron chi connectivity index (χ4n) is 3.24. The molecule has 1 atom stereocenters. The smallest absolute Gasteiger partial charge is 0.332 e. The van der Waals surface area contributed by atoms with Crippen molar-refractivity contribution < 1.29 is 22.7 Å². The first-order valence-corrected chi connectivity index (χ1v) is 12.2. The molecule has 5 N–H and O–H groups in total. The molecule has 0 heterocycles. The number of amides is 1. The normalized spacial score (nSPS) is 12.1. The van der Waals surface area contributed by atoms with Gasteiger partial charge in [0.1, 0.15) is 11.8 Å². The van der Waals surface area contributed by atoms with Gasteiger partial charge in [-0.1, -0.05) is 71.1 Å². The molecule has 1 amide bonds. The molecule has 3 rings (SSSR count). The van der Waals surface area contributed by atoms with Crippen LogP contribution in [0.1, 0.15) is 11.1 Å². The van der Waals surface area contributed by atoms with Gasteiger partial charge in [-0.25, -0.2) is 18.2 Å². The van der Waals surface area contributed by atoms with Crippen LogP contribution in [0.3, 0.4) is 0 Å². The van der Waals surface area contributed by atoms with E-state index in [0.29, 0.717) is 21.2 Å². The maximum Gasteiger partial charge on any atom is 0.332 e. The molecule has 0 fully saturated rings. The molecule has 0 aliphatic heterocycles. The molecular weight excluding hydrogens is 482 g/mol. The summed E-state index contributed by atoms with van der Waals surface area (Å²) in [5.74, 6) is -1.02. The fraction of sp³-hybridized carbons (Fsp3) is 0.0800. The van der Waals surface area contributed by atoms with Crippen molar-refractivity contribution in [1.29, 1.82) is 0 Å². The summed E-state index contributed by atoms with van der Waals surface area (Å²) in [6.07, 6.45) is 1.46. The van der Waals surface area contributed by atoms with Gasteiger partial charge < -0.3 is 16.2 Å². The number of nitrogens with one attached hydrogen (secondary N) is 1. The lowest BCUT2D eigenvalue weighted by Crippen LogP contribution is -2.53. The third-order valence-electron chi connectivity index (χ3n) is 4.81. The van der Waals surface area contributed by atoms with Gasteiger partial charge in [0.05, 0.1) is 5.69 Å². The standard InChI is InChI=1S/C25H25N5O5S/c26-25(27)29-21-12-7-13-22(17-21)35-24(32)23(16-20-10-5-2-6-11-20)30(28-18-31)36(33,34)15-14-19-8-3-1-4-9-19/h1-15,17-18,23H,16H2,(H,28,31)(H4,26,27,29)/t23-/m0/s1. The molecule has 0 aliphatic rings. The van der Waals surface area contributed by atoms with Gasteiger partial charge in [-0.15, -0.1) is 0 Å². The molecule has 36 heavy (non-hydrogen) atoms. The Morgan fingerprint density at radius 2 is 1.67 bits per heavy atom. The quantitative estimate of drug-likeness (QED) is 0.0895. The van der Waals surface area contributed by atoms with E-state index in [0.717, 1.165) is 5.41 Å². The molecule has 10 nitrogen and oxygen atoms in total. The summed E-state index contributed by atoms with van der Waals surface area (Å²) < 4.78 is 32.5. The number of nitrogens with two attached hydrogens (primary N) is 2. The molecule has 0 saturated heterocycles. The highest BCUT2D eigenvalue weighted by atomic mass is 32.2.